The third kappa shape index (κ3) is 3.98. The van der Waals surface area contributed by atoms with Gasteiger partial charge in [0.15, 0.2) is 5.78 Å². The average molecular weight is 242 g/mol. The van der Waals surface area contributed by atoms with Crippen LogP contribution in [0.1, 0.15) is 16.8 Å². The van der Waals surface area contributed by atoms with Crippen molar-refractivity contribution in [3.05, 3.63) is 29.8 Å². The first-order valence-electron chi connectivity index (χ1n) is 4.65. The van der Waals surface area contributed by atoms with Gasteiger partial charge < -0.3 is 5.32 Å². The van der Waals surface area contributed by atoms with Gasteiger partial charge in [0.2, 0.25) is 0 Å². The van der Waals surface area contributed by atoms with Gasteiger partial charge in [0, 0.05) is 12.6 Å². The first kappa shape index (κ1) is 12.6. The molecule has 6 heteroatoms. The molecule has 0 aliphatic rings. The van der Waals surface area contributed by atoms with Crippen LogP contribution in [0.4, 0.5) is 4.39 Å². The maximum Gasteiger partial charge on any atom is 0.253 e. The van der Waals surface area contributed by atoms with E-state index in [0.29, 0.717) is 12.2 Å². The lowest BCUT2D eigenvalue weighted by atomic mass is 10.2. The van der Waals surface area contributed by atoms with Crippen molar-refractivity contribution >= 4 is 24.3 Å². The van der Waals surface area contributed by atoms with Gasteiger partial charge >= 0.3 is 0 Å². The molecule has 0 unspecified atom stereocenters. The number of pyridine rings is 1. The summed E-state index contributed by atoms with van der Waals surface area (Å²) in [7, 11) is 0. The molecule has 0 aromatic carbocycles. The smallest absolute Gasteiger partial charge is 0.253 e. The van der Waals surface area contributed by atoms with Gasteiger partial charge in [-0.05, 0) is 11.8 Å². The van der Waals surface area contributed by atoms with E-state index >= 15 is 0 Å². The molecule has 0 saturated carbocycles. The molecular weight excluding hydrogens is 231 g/mol. The standard InChI is InChI=1S/C10H11FN2O2S/c11-8-3-7(4-12-5-8)10(15)13-6-9(14)1-2-16/h3-5,16H,1-2,6H2,(H,13,15). The number of carbonyl (C=O) groups excluding carboxylic acids is 2. The van der Waals surface area contributed by atoms with Gasteiger partial charge in [-0.3, -0.25) is 14.6 Å². The zero-order valence-electron chi connectivity index (χ0n) is 8.44. The van der Waals surface area contributed by atoms with Crippen molar-refractivity contribution in [2.45, 2.75) is 6.42 Å². The Morgan fingerprint density at radius 3 is 2.81 bits per heavy atom. The van der Waals surface area contributed by atoms with E-state index in [0.717, 1.165) is 12.3 Å². The van der Waals surface area contributed by atoms with Crippen molar-refractivity contribution in [1.29, 1.82) is 0 Å². The van der Waals surface area contributed by atoms with Crippen LogP contribution in [-0.4, -0.2) is 29.0 Å². The van der Waals surface area contributed by atoms with Gasteiger partial charge in [0.05, 0.1) is 18.3 Å². The number of rotatable bonds is 5. The fourth-order valence-corrected chi connectivity index (χ4v) is 1.28. The molecule has 1 aromatic heterocycles. The molecule has 0 saturated heterocycles. The SMILES string of the molecule is O=C(CCS)CNC(=O)c1cncc(F)c1. The van der Waals surface area contributed by atoms with E-state index in [9.17, 15) is 14.0 Å². The molecule has 0 fully saturated rings. The maximum absolute atomic E-state index is 12.7. The van der Waals surface area contributed by atoms with Crippen LogP contribution in [-0.2, 0) is 4.79 Å². The number of amides is 1. The van der Waals surface area contributed by atoms with Crippen molar-refractivity contribution in [2.75, 3.05) is 12.3 Å². The normalized spacial score (nSPS) is 9.88. The Morgan fingerprint density at radius 1 is 1.44 bits per heavy atom. The monoisotopic (exact) mass is 242 g/mol. The predicted molar refractivity (Wildman–Crippen MR) is 60.0 cm³/mol. The number of carbonyl (C=O) groups is 2. The number of Topliss-reactive ketones (excluding diaryl/α,β-unsaturated/α-hetero) is 1. The van der Waals surface area contributed by atoms with Crippen LogP contribution >= 0.6 is 12.6 Å². The summed E-state index contributed by atoms with van der Waals surface area (Å²) in [6.45, 7) is -0.0735. The van der Waals surface area contributed by atoms with Crippen molar-refractivity contribution in [3.63, 3.8) is 0 Å². The summed E-state index contributed by atoms with van der Waals surface area (Å²) in [5.74, 6) is -0.780. The van der Waals surface area contributed by atoms with Crippen LogP contribution < -0.4 is 5.32 Å². The van der Waals surface area contributed by atoms with Crippen molar-refractivity contribution in [1.82, 2.24) is 10.3 Å². The van der Waals surface area contributed by atoms with E-state index in [2.05, 4.69) is 22.9 Å². The summed E-state index contributed by atoms with van der Waals surface area (Å²) >= 11 is 3.89. The van der Waals surface area contributed by atoms with Crippen LogP contribution in [0.3, 0.4) is 0 Å². The van der Waals surface area contributed by atoms with Gasteiger partial charge in [-0.2, -0.15) is 12.6 Å². The molecule has 1 amide bonds. The molecule has 0 aliphatic heterocycles. The van der Waals surface area contributed by atoms with Crippen molar-refractivity contribution < 1.29 is 14.0 Å². The van der Waals surface area contributed by atoms with E-state index < -0.39 is 11.7 Å². The Bertz CT molecular complexity index is 398. The lowest BCUT2D eigenvalue weighted by Gasteiger charge is -2.03. The fourth-order valence-electron chi connectivity index (χ4n) is 1.03. The molecule has 1 rings (SSSR count). The first-order valence-corrected chi connectivity index (χ1v) is 5.28. The van der Waals surface area contributed by atoms with Crippen LogP contribution in [0.5, 0.6) is 0 Å². The average Bonchev–Trinajstić information content (AvgIpc) is 2.26. The van der Waals surface area contributed by atoms with Crippen molar-refractivity contribution in [2.24, 2.45) is 0 Å². The lowest BCUT2D eigenvalue weighted by molar-refractivity contribution is -0.117. The summed E-state index contributed by atoms with van der Waals surface area (Å²) in [4.78, 5) is 26.0. The second-order valence-electron chi connectivity index (χ2n) is 3.09. The predicted octanol–water partition coefficient (Wildman–Crippen LogP) is 0.839. The minimum Gasteiger partial charge on any atom is -0.345 e. The molecule has 0 spiro atoms. The summed E-state index contributed by atoms with van der Waals surface area (Å²) in [6, 6.07) is 1.06. The maximum atomic E-state index is 12.7. The summed E-state index contributed by atoms with van der Waals surface area (Å²) in [5.41, 5.74) is 0.0960. The molecule has 0 radical (unpaired) electrons. The molecule has 0 bridgehead atoms. The number of hydrogen-bond donors (Lipinski definition) is 2. The van der Waals surface area contributed by atoms with E-state index in [-0.39, 0.29) is 17.9 Å². The second-order valence-corrected chi connectivity index (χ2v) is 3.53. The highest BCUT2D eigenvalue weighted by atomic mass is 32.1. The highest BCUT2D eigenvalue weighted by Crippen LogP contribution is 2.00. The minimum atomic E-state index is -0.589. The summed E-state index contributed by atoms with van der Waals surface area (Å²) in [6.07, 6.45) is 2.54. The fraction of sp³-hybridized carbons (Fsp3) is 0.300. The van der Waals surface area contributed by atoms with Gasteiger partial charge in [-0.15, -0.1) is 0 Å². The lowest BCUT2D eigenvalue weighted by Crippen LogP contribution is -2.29. The van der Waals surface area contributed by atoms with E-state index in [1.165, 1.54) is 6.20 Å². The Balaban J connectivity index is 2.50. The van der Waals surface area contributed by atoms with E-state index in [1.54, 1.807) is 0 Å². The number of hydrogen-bond acceptors (Lipinski definition) is 4. The quantitative estimate of drug-likeness (QED) is 0.752. The number of aromatic nitrogens is 1. The first-order chi connectivity index (χ1) is 7.63. The van der Waals surface area contributed by atoms with Gasteiger partial charge in [-0.1, -0.05) is 0 Å². The number of nitrogens with one attached hydrogen (secondary N) is 1. The van der Waals surface area contributed by atoms with Gasteiger partial charge in [0.1, 0.15) is 5.82 Å². The zero-order valence-corrected chi connectivity index (χ0v) is 9.34. The number of halogens is 1. The Hall–Kier alpha value is -1.43. The third-order valence-corrected chi connectivity index (χ3v) is 2.03. The molecule has 86 valence electrons. The second kappa shape index (κ2) is 6.22. The minimum absolute atomic E-state index is 0.0735. The molecule has 1 heterocycles. The Kier molecular flexibility index (Phi) is 4.91. The molecule has 1 aromatic rings. The van der Waals surface area contributed by atoms with Crippen LogP contribution in [0.25, 0.3) is 0 Å². The summed E-state index contributed by atoms with van der Waals surface area (Å²) in [5, 5.41) is 2.38. The van der Waals surface area contributed by atoms with Crippen LogP contribution in [0.2, 0.25) is 0 Å². The summed E-state index contributed by atoms with van der Waals surface area (Å²) < 4.78 is 12.7. The molecule has 0 atom stereocenters. The number of nitrogens with zero attached hydrogens (tertiary/aromatic N) is 1. The molecular formula is C10H11FN2O2S. The topological polar surface area (TPSA) is 59.1 Å². The van der Waals surface area contributed by atoms with Gasteiger partial charge in [0.25, 0.3) is 5.91 Å². The third-order valence-electron chi connectivity index (χ3n) is 1.80. The van der Waals surface area contributed by atoms with E-state index in [1.807, 2.05) is 0 Å². The number of ketones is 1. The molecule has 0 aliphatic carbocycles. The van der Waals surface area contributed by atoms with Crippen LogP contribution in [0, 0.1) is 5.82 Å². The molecule has 1 N–H and O–H groups in total. The zero-order chi connectivity index (χ0) is 12.0. The molecule has 16 heavy (non-hydrogen) atoms. The Morgan fingerprint density at radius 2 is 2.19 bits per heavy atom. The van der Waals surface area contributed by atoms with Gasteiger partial charge in [-0.25, -0.2) is 4.39 Å². The Labute approximate surface area is 97.7 Å². The highest BCUT2D eigenvalue weighted by molar-refractivity contribution is 7.80. The largest absolute Gasteiger partial charge is 0.345 e. The molecule has 4 nitrogen and oxygen atoms in total. The highest BCUT2D eigenvalue weighted by Gasteiger charge is 2.08. The van der Waals surface area contributed by atoms with Crippen LogP contribution in [0.15, 0.2) is 18.5 Å². The number of thiol groups is 1. The van der Waals surface area contributed by atoms with Crippen molar-refractivity contribution in [3.8, 4) is 0 Å². The van der Waals surface area contributed by atoms with E-state index in [4.69, 9.17) is 0 Å².